The zero-order chi connectivity index (χ0) is 19.9. The van der Waals surface area contributed by atoms with Gasteiger partial charge in [-0.3, -0.25) is 0 Å². The van der Waals surface area contributed by atoms with Crippen LogP contribution >= 0.6 is 12.4 Å². The van der Waals surface area contributed by atoms with E-state index in [1.807, 2.05) is 36.4 Å². The Hall–Kier alpha value is -1.88. The second-order valence-electron chi connectivity index (χ2n) is 8.98. The van der Waals surface area contributed by atoms with Gasteiger partial charge in [-0.25, -0.2) is 4.79 Å². The predicted molar refractivity (Wildman–Crippen MR) is 118 cm³/mol. The standard InChI is InChI=1S/C25H29NO3.ClH/c27-23(25(28,18-8-3-1-4-9-18)19-10-5-2-6-11-19)29-22-16-20-12-13-21(17-22)24(20)14-7-15-26-24;/h1-6,8-11,20-22,26,28H,7,12-17H2;1H. The Balaban J connectivity index is 0.00000218. The van der Waals surface area contributed by atoms with E-state index in [9.17, 15) is 9.90 Å². The minimum atomic E-state index is -1.79. The van der Waals surface area contributed by atoms with Crippen LogP contribution in [0.2, 0.25) is 0 Å². The lowest BCUT2D eigenvalue weighted by atomic mass is 9.70. The zero-order valence-corrected chi connectivity index (χ0v) is 17.9. The van der Waals surface area contributed by atoms with Gasteiger partial charge in [0.2, 0.25) is 5.60 Å². The zero-order valence-electron chi connectivity index (χ0n) is 17.1. The highest BCUT2D eigenvalue weighted by atomic mass is 35.5. The number of nitrogens with one attached hydrogen (secondary N) is 1. The normalized spacial score (nSPS) is 30.1. The highest BCUT2D eigenvalue weighted by Crippen LogP contribution is 2.54. The first kappa shape index (κ1) is 21.4. The molecule has 3 aliphatic rings. The van der Waals surface area contributed by atoms with E-state index in [0.717, 1.165) is 19.4 Å². The third-order valence-electron chi connectivity index (χ3n) is 7.59. The minimum absolute atomic E-state index is 0. The molecule has 1 aliphatic heterocycles. The predicted octanol–water partition coefficient (Wildman–Crippen LogP) is 4.20. The summed E-state index contributed by atoms with van der Waals surface area (Å²) in [5.74, 6) is 0.584. The molecule has 5 heteroatoms. The summed E-state index contributed by atoms with van der Waals surface area (Å²) in [5, 5.41) is 15.4. The van der Waals surface area contributed by atoms with Crippen molar-refractivity contribution >= 4 is 18.4 Å². The lowest BCUT2D eigenvalue weighted by molar-refractivity contribution is -0.171. The molecule has 2 atom stereocenters. The molecule has 4 nitrogen and oxygen atoms in total. The number of hydrogen-bond donors (Lipinski definition) is 2. The maximum atomic E-state index is 13.4. The molecule has 1 spiro atoms. The van der Waals surface area contributed by atoms with E-state index in [4.69, 9.17) is 4.74 Å². The molecule has 0 aromatic heterocycles. The minimum Gasteiger partial charge on any atom is -0.460 e. The quantitative estimate of drug-likeness (QED) is 0.718. The molecule has 2 saturated carbocycles. The molecular formula is C25H30ClNO3. The van der Waals surface area contributed by atoms with Crippen LogP contribution in [0.1, 0.15) is 49.7 Å². The first-order chi connectivity index (χ1) is 14.1. The number of hydrogen-bond acceptors (Lipinski definition) is 4. The van der Waals surface area contributed by atoms with Crippen LogP contribution in [0.15, 0.2) is 60.7 Å². The van der Waals surface area contributed by atoms with Crippen LogP contribution in [0.25, 0.3) is 0 Å². The van der Waals surface area contributed by atoms with E-state index in [0.29, 0.717) is 23.0 Å². The summed E-state index contributed by atoms with van der Waals surface area (Å²) in [4.78, 5) is 13.4. The molecular weight excluding hydrogens is 398 g/mol. The summed E-state index contributed by atoms with van der Waals surface area (Å²) in [6.07, 6.45) is 6.61. The van der Waals surface area contributed by atoms with Crippen LogP contribution in [-0.4, -0.2) is 29.3 Å². The molecule has 5 rings (SSSR count). The van der Waals surface area contributed by atoms with Crippen molar-refractivity contribution in [3.05, 3.63) is 71.8 Å². The van der Waals surface area contributed by atoms with Crippen LogP contribution in [0, 0.1) is 11.8 Å². The van der Waals surface area contributed by atoms with Gasteiger partial charge < -0.3 is 15.2 Å². The summed E-state index contributed by atoms with van der Waals surface area (Å²) in [6, 6.07) is 18.3. The molecule has 1 saturated heterocycles. The van der Waals surface area contributed by atoms with Crippen LogP contribution in [-0.2, 0) is 15.1 Å². The number of benzene rings is 2. The molecule has 2 N–H and O–H groups in total. The molecule has 2 unspecified atom stereocenters. The highest BCUT2D eigenvalue weighted by Gasteiger charge is 2.56. The Morgan fingerprint density at radius 1 is 0.967 bits per heavy atom. The van der Waals surface area contributed by atoms with Crippen LogP contribution < -0.4 is 5.32 Å². The van der Waals surface area contributed by atoms with E-state index >= 15 is 0 Å². The summed E-state index contributed by atoms with van der Waals surface area (Å²) in [5.41, 5.74) is -0.423. The van der Waals surface area contributed by atoms with Crippen molar-refractivity contribution in [2.45, 2.75) is 55.8 Å². The Labute approximate surface area is 184 Å². The van der Waals surface area contributed by atoms with E-state index < -0.39 is 11.6 Å². The summed E-state index contributed by atoms with van der Waals surface area (Å²) in [7, 11) is 0. The second kappa shape index (κ2) is 8.33. The van der Waals surface area contributed by atoms with E-state index in [1.54, 1.807) is 24.3 Å². The number of esters is 1. The fraction of sp³-hybridized carbons (Fsp3) is 0.480. The molecule has 2 aliphatic carbocycles. The molecule has 160 valence electrons. The van der Waals surface area contributed by atoms with Gasteiger partial charge in [-0.2, -0.15) is 0 Å². The average molecular weight is 428 g/mol. The molecule has 30 heavy (non-hydrogen) atoms. The van der Waals surface area contributed by atoms with Gasteiger partial charge in [0.05, 0.1) is 0 Å². The fourth-order valence-corrected chi connectivity index (χ4v) is 6.22. The van der Waals surface area contributed by atoms with Gasteiger partial charge in [-0.1, -0.05) is 60.7 Å². The molecule has 1 heterocycles. The van der Waals surface area contributed by atoms with Crippen molar-refractivity contribution in [1.29, 1.82) is 0 Å². The van der Waals surface area contributed by atoms with Crippen molar-refractivity contribution in [2.75, 3.05) is 6.54 Å². The number of carbonyl (C=O) groups excluding carboxylic acids is 1. The first-order valence-corrected chi connectivity index (χ1v) is 10.9. The number of ether oxygens (including phenoxy) is 1. The molecule has 3 fully saturated rings. The fourth-order valence-electron chi connectivity index (χ4n) is 6.22. The molecule has 2 bridgehead atoms. The topological polar surface area (TPSA) is 58.6 Å². The van der Waals surface area contributed by atoms with E-state index in [1.165, 1.54) is 25.7 Å². The number of rotatable bonds is 4. The van der Waals surface area contributed by atoms with Crippen LogP contribution in [0.3, 0.4) is 0 Å². The number of aliphatic hydroxyl groups is 1. The van der Waals surface area contributed by atoms with Gasteiger partial charge >= 0.3 is 5.97 Å². The Morgan fingerprint density at radius 2 is 1.50 bits per heavy atom. The molecule has 2 aromatic rings. The Bertz CT molecular complexity index is 811. The van der Waals surface area contributed by atoms with Crippen LogP contribution in [0.5, 0.6) is 0 Å². The monoisotopic (exact) mass is 427 g/mol. The molecule has 2 aromatic carbocycles. The summed E-state index contributed by atoms with van der Waals surface area (Å²) < 4.78 is 6.03. The third-order valence-corrected chi connectivity index (χ3v) is 7.59. The number of carbonyl (C=O) groups is 1. The average Bonchev–Trinajstić information content (AvgIpc) is 3.31. The van der Waals surface area contributed by atoms with Gasteiger partial charge in [0, 0.05) is 5.54 Å². The van der Waals surface area contributed by atoms with E-state index in [2.05, 4.69) is 5.32 Å². The van der Waals surface area contributed by atoms with Crippen molar-refractivity contribution < 1.29 is 14.6 Å². The maximum absolute atomic E-state index is 13.4. The van der Waals surface area contributed by atoms with Gasteiger partial charge in [0.15, 0.2) is 0 Å². The largest absolute Gasteiger partial charge is 0.460 e. The molecule has 0 amide bonds. The van der Waals surface area contributed by atoms with Gasteiger partial charge in [-0.15, -0.1) is 12.4 Å². The van der Waals surface area contributed by atoms with Crippen molar-refractivity contribution in [3.63, 3.8) is 0 Å². The van der Waals surface area contributed by atoms with Crippen LogP contribution in [0.4, 0.5) is 0 Å². The van der Waals surface area contributed by atoms with Gasteiger partial charge in [0.1, 0.15) is 6.10 Å². The van der Waals surface area contributed by atoms with Crippen molar-refractivity contribution in [1.82, 2.24) is 5.32 Å². The van der Waals surface area contributed by atoms with Crippen molar-refractivity contribution in [2.24, 2.45) is 11.8 Å². The Morgan fingerprint density at radius 3 is 1.97 bits per heavy atom. The van der Waals surface area contributed by atoms with Crippen molar-refractivity contribution in [3.8, 4) is 0 Å². The first-order valence-electron chi connectivity index (χ1n) is 10.9. The molecule has 0 radical (unpaired) electrons. The Kier molecular flexibility index (Phi) is 5.93. The number of halogens is 1. The van der Waals surface area contributed by atoms with E-state index in [-0.39, 0.29) is 24.0 Å². The SMILES string of the molecule is Cl.O=C(OC1CC2CCC(C1)C21CCCN1)C(O)(c1ccccc1)c1ccccc1. The van der Waals surface area contributed by atoms with Gasteiger partial charge in [-0.05, 0) is 68.0 Å². The lowest BCUT2D eigenvalue weighted by Crippen LogP contribution is -2.54. The second-order valence-corrected chi connectivity index (χ2v) is 8.98. The smallest absolute Gasteiger partial charge is 0.347 e. The lowest BCUT2D eigenvalue weighted by Gasteiger charge is -2.44. The summed E-state index contributed by atoms with van der Waals surface area (Å²) in [6.45, 7) is 1.11. The summed E-state index contributed by atoms with van der Waals surface area (Å²) >= 11 is 0. The maximum Gasteiger partial charge on any atom is 0.347 e. The van der Waals surface area contributed by atoms with Gasteiger partial charge in [0.25, 0.3) is 0 Å². The highest BCUT2D eigenvalue weighted by molar-refractivity contribution is 5.86. The third kappa shape index (κ3) is 3.35.